The first kappa shape index (κ1) is 7.65. The molecule has 0 saturated carbocycles. The van der Waals surface area contributed by atoms with Crippen LogP contribution in [0.5, 0.6) is 0 Å². The van der Waals surface area contributed by atoms with Crippen molar-refractivity contribution < 1.29 is 9.62 Å². The summed E-state index contributed by atoms with van der Waals surface area (Å²) in [5, 5.41) is 11.2. The van der Waals surface area contributed by atoms with Gasteiger partial charge in [-0.25, -0.2) is 0 Å². The zero-order valence-corrected chi connectivity index (χ0v) is 6.24. The number of furan rings is 1. The third kappa shape index (κ3) is 1.34. The number of rotatable bonds is 2. The molecular weight excluding hydrogens is 144 g/mol. The largest absolute Gasteiger partial charge is 0.461 e. The Hall–Kier alpha value is -1.45. The number of aryl methyl sites for hydroxylation is 1. The highest BCUT2D eigenvalue weighted by Gasteiger charge is 2.07. The second-order valence-corrected chi connectivity index (χ2v) is 2.11. The Morgan fingerprint density at radius 3 is 3.09 bits per heavy atom. The van der Waals surface area contributed by atoms with Crippen molar-refractivity contribution in [2.45, 2.75) is 13.3 Å². The van der Waals surface area contributed by atoms with Gasteiger partial charge in [0.1, 0.15) is 0 Å². The van der Waals surface area contributed by atoms with Gasteiger partial charge in [-0.2, -0.15) is 0 Å². The van der Waals surface area contributed by atoms with Gasteiger partial charge in [-0.15, -0.1) is 0 Å². The molecular formula is C7H10N2O2. The topological polar surface area (TPSA) is 71.8 Å². The van der Waals surface area contributed by atoms with Crippen molar-refractivity contribution in [2.24, 2.45) is 10.9 Å². The number of amidine groups is 1. The Kier molecular flexibility index (Phi) is 2.15. The third-order valence-corrected chi connectivity index (χ3v) is 1.47. The molecule has 1 heterocycles. The molecule has 1 rings (SSSR count). The molecule has 0 aromatic carbocycles. The Labute approximate surface area is 64.3 Å². The van der Waals surface area contributed by atoms with Crippen molar-refractivity contribution in [2.75, 3.05) is 0 Å². The molecule has 0 saturated heterocycles. The van der Waals surface area contributed by atoms with Crippen molar-refractivity contribution >= 4 is 5.84 Å². The lowest BCUT2D eigenvalue weighted by molar-refractivity contribution is 0.317. The molecule has 4 nitrogen and oxygen atoms in total. The lowest BCUT2D eigenvalue weighted by Crippen LogP contribution is -2.13. The van der Waals surface area contributed by atoms with Crippen molar-refractivity contribution in [3.63, 3.8) is 0 Å². The first-order valence-electron chi connectivity index (χ1n) is 3.33. The van der Waals surface area contributed by atoms with E-state index in [1.54, 1.807) is 6.07 Å². The fourth-order valence-corrected chi connectivity index (χ4v) is 0.884. The van der Waals surface area contributed by atoms with Crippen LogP contribution in [0, 0.1) is 0 Å². The minimum Gasteiger partial charge on any atom is -0.461 e. The van der Waals surface area contributed by atoms with Crippen LogP contribution < -0.4 is 5.73 Å². The van der Waals surface area contributed by atoms with Crippen LogP contribution in [0.25, 0.3) is 0 Å². The van der Waals surface area contributed by atoms with E-state index in [1.807, 2.05) is 6.92 Å². The summed E-state index contributed by atoms with van der Waals surface area (Å²) in [6, 6.07) is 1.80. The van der Waals surface area contributed by atoms with E-state index in [4.69, 9.17) is 15.4 Å². The molecule has 0 bridgehead atoms. The Morgan fingerprint density at radius 2 is 2.55 bits per heavy atom. The first-order valence-corrected chi connectivity index (χ1v) is 3.33. The van der Waals surface area contributed by atoms with Crippen LogP contribution in [0.2, 0.25) is 0 Å². The Bertz CT molecular complexity index is 265. The highest BCUT2D eigenvalue weighted by atomic mass is 16.4. The first-order chi connectivity index (χ1) is 5.29. The quantitative estimate of drug-likeness (QED) is 0.288. The van der Waals surface area contributed by atoms with Gasteiger partial charge in [-0.05, 0) is 12.5 Å². The minimum absolute atomic E-state index is 0.0202. The molecule has 0 atom stereocenters. The summed E-state index contributed by atoms with van der Waals surface area (Å²) in [7, 11) is 0. The van der Waals surface area contributed by atoms with Gasteiger partial charge in [0.25, 0.3) is 0 Å². The predicted molar refractivity (Wildman–Crippen MR) is 40.6 cm³/mol. The summed E-state index contributed by atoms with van der Waals surface area (Å²) in [6.45, 7) is 1.97. The van der Waals surface area contributed by atoms with E-state index in [2.05, 4.69) is 5.16 Å². The maximum atomic E-state index is 8.33. The van der Waals surface area contributed by atoms with E-state index in [-0.39, 0.29) is 5.84 Å². The van der Waals surface area contributed by atoms with E-state index < -0.39 is 0 Å². The van der Waals surface area contributed by atoms with Gasteiger partial charge in [-0.3, -0.25) is 0 Å². The number of nitrogens with two attached hydrogens (primary N) is 1. The summed E-state index contributed by atoms with van der Waals surface area (Å²) >= 11 is 0. The van der Waals surface area contributed by atoms with Crippen LogP contribution in [-0.2, 0) is 6.42 Å². The summed E-state index contributed by atoms with van der Waals surface area (Å²) in [4.78, 5) is 0. The van der Waals surface area contributed by atoms with Crippen LogP contribution >= 0.6 is 0 Å². The zero-order valence-electron chi connectivity index (χ0n) is 6.24. The molecule has 1 aromatic rings. The highest BCUT2D eigenvalue weighted by Crippen LogP contribution is 2.09. The molecule has 1 aromatic heterocycles. The summed E-state index contributed by atoms with van der Waals surface area (Å²) in [5.41, 5.74) is 6.27. The predicted octanol–water partition coefficient (Wildman–Crippen LogP) is 0.936. The monoisotopic (exact) mass is 154 g/mol. The lowest BCUT2D eigenvalue weighted by Gasteiger charge is -1.95. The average molecular weight is 154 g/mol. The van der Waals surface area contributed by atoms with E-state index >= 15 is 0 Å². The third-order valence-electron chi connectivity index (χ3n) is 1.47. The van der Waals surface area contributed by atoms with Crippen LogP contribution in [0.15, 0.2) is 21.9 Å². The Morgan fingerprint density at radius 1 is 1.82 bits per heavy atom. The van der Waals surface area contributed by atoms with Crippen molar-refractivity contribution in [3.05, 3.63) is 23.7 Å². The lowest BCUT2D eigenvalue weighted by atomic mass is 10.2. The number of oxime groups is 1. The normalized spacial score (nSPS) is 11.9. The van der Waals surface area contributed by atoms with Gasteiger partial charge in [0.05, 0.1) is 6.26 Å². The maximum Gasteiger partial charge on any atom is 0.206 e. The molecule has 0 aliphatic heterocycles. The summed E-state index contributed by atoms with van der Waals surface area (Å²) < 4.78 is 4.99. The average Bonchev–Trinajstić information content (AvgIpc) is 2.50. The molecule has 0 fully saturated rings. The summed E-state index contributed by atoms with van der Waals surface area (Å²) in [6.07, 6.45) is 2.33. The van der Waals surface area contributed by atoms with Crippen molar-refractivity contribution in [1.82, 2.24) is 0 Å². The number of hydrogen-bond acceptors (Lipinski definition) is 3. The second-order valence-electron chi connectivity index (χ2n) is 2.11. The second kappa shape index (κ2) is 3.09. The van der Waals surface area contributed by atoms with Gasteiger partial charge in [0.15, 0.2) is 5.76 Å². The van der Waals surface area contributed by atoms with Crippen molar-refractivity contribution in [1.29, 1.82) is 0 Å². The molecule has 0 unspecified atom stereocenters. The van der Waals surface area contributed by atoms with Crippen LogP contribution in [0.3, 0.4) is 0 Å². The summed E-state index contributed by atoms with van der Waals surface area (Å²) in [5.74, 6) is 0.474. The molecule has 0 amide bonds. The zero-order chi connectivity index (χ0) is 8.27. The van der Waals surface area contributed by atoms with E-state index in [9.17, 15) is 0 Å². The standard InChI is InChI=1S/C7H10N2O2/c1-2-5-3-4-11-6(5)7(8)9-10/h3-4,10H,2H2,1H3,(H2,8,9). The van der Waals surface area contributed by atoms with Gasteiger partial charge in [0, 0.05) is 5.56 Å². The molecule has 3 N–H and O–H groups in total. The minimum atomic E-state index is 0.0202. The molecule has 11 heavy (non-hydrogen) atoms. The number of hydrogen-bond donors (Lipinski definition) is 2. The molecule has 0 radical (unpaired) electrons. The van der Waals surface area contributed by atoms with Gasteiger partial charge in [-0.1, -0.05) is 12.1 Å². The van der Waals surface area contributed by atoms with Crippen LogP contribution in [0.4, 0.5) is 0 Å². The fourth-order valence-electron chi connectivity index (χ4n) is 0.884. The SMILES string of the molecule is CCc1ccoc1/C(N)=N/O. The number of nitrogens with zero attached hydrogens (tertiary/aromatic N) is 1. The molecule has 0 aliphatic rings. The maximum absolute atomic E-state index is 8.33. The van der Waals surface area contributed by atoms with Gasteiger partial charge < -0.3 is 15.4 Å². The van der Waals surface area contributed by atoms with Gasteiger partial charge in [0.2, 0.25) is 5.84 Å². The molecule has 0 spiro atoms. The van der Waals surface area contributed by atoms with E-state index in [1.165, 1.54) is 6.26 Å². The molecule has 60 valence electrons. The molecule has 0 aliphatic carbocycles. The van der Waals surface area contributed by atoms with E-state index in [0.29, 0.717) is 5.76 Å². The Balaban J connectivity index is 3.02. The highest BCUT2D eigenvalue weighted by molar-refractivity contribution is 5.95. The smallest absolute Gasteiger partial charge is 0.206 e. The molecule has 4 heteroatoms. The van der Waals surface area contributed by atoms with Crippen molar-refractivity contribution in [3.8, 4) is 0 Å². The van der Waals surface area contributed by atoms with Crippen LogP contribution in [-0.4, -0.2) is 11.0 Å². The van der Waals surface area contributed by atoms with Gasteiger partial charge >= 0.3 is 0 Å². The fraction of sp³-hybridized carbons (Fsp3) is 0.286. The van der Waals surface area contributed by atoms with E-state index in [0.717, 1.165) is 12.0 Å². The van der Waals surface area contributed by atoms with Crippen LogP contribution in [0.1, 0.15) is 18.2 Å².